The van der Waals surface area contributed by atoms with Gasteiger partial charge >= 0.3 is 0 Å². The van der Waals surface area contributed by atoms with Crippen LogP contribution in [0.2, 0.25) is 0 Å². The van der Waals surface area contributed by atoms with Crippen LogP contribution >= 0.6 is 15.9 Å². The summed E-state index contributed by atoms with van der Waals surface area (Å²) in [4.78, 5) is 11.9. The number of carbonyl (C=O) groups excluding carboxylic acids is 1. The normalized spacial score (nSPS) is 10.4. The molecule has 0 fully saturated rings. The number of rotatable bonds is 3. The Morgan fingerprint density at radius 2 is 2.06 bits per heavy atom. The molecule has 2 rings (SSSR count). The lowest BCUT2D eigenvalue weighted by Crippen LogP contribution is -2.14. The highest BCUT2D eigenvalue weighted by Crippen LogP contribution is 2.14. The summed E-state index contributed by atoms with van der Waals surface area (Å²) in [6.07, 6.45) is 2.02. The third kappa shape index (κ3) is 2.98. The lowest BCUT2D eigenvalue weighted by Gasteiger charge is -2.04. The van der Waals surface area contributed by atoms with Gasteiger partial charge in [0.15, 0.2) is 0 Å². The van der Waals surface area contributed by atoms with E-state index in [1.54, 1.807) is 10.9 Å². The second-order valence-electron chi connectivity index (χ2n) is 4.12. The van der Waals surface area contributed by atoms with Crippen LogP contribution in [-0.2, 0) is 18.3 Å². The van der Waals surface area contributed by atoms with E-state index in [4.69, 9.17) is 0 Å². The Kier molecular flexibility index (Phi) is 3.81. The first-order valence-electron chi connectivity index (χ1n) is 5.59. The predicted octanol–water partition coefficient (Wildman–Crippen LogP) is 2.67. The molecule has 0 aliphatic carbocycles. The topological polar surface area (TPSA) is 46.9 Å². The molecule has 1 N–H and O–H groups in total. The molecule has 0 bridgehead atoms. The van der Waals surface area contributed by atoms with Gasteiger partial charge < -0.3 is 5.32 Å². The minimum atomic E-state index is -0.0339. The third-order valence-electron chi connectivity index (χ3n) is 2.79. The van der Waals surface area contributed by atoms with Crippen LogP contribution in [0.1, 0.15) is 11.3 Å². The molecule has 0 atom stereocenters. The molecular weight excluding hydrogens is 294 g/mol. The highest BCUT2D eigenvalue weighted by molar-refractivity contribution is 9.10. The number of amides is 1. The second kappa shape index (κ2) is 5.35. The highest BCUT2D eigenvalue weighted by atomic mass is 79.9. The zero-order valence-electron chi connectivity index (χ0n) is 10.3. The quantitative estimate of drug-likeness (QED) is 0.947. The number of hydrogen-bond donors (Lipinski definition) is 1. The molecule has 0 aliphatic rings. The van der Waals surface area contributed by atoms with Gasteiger partial charge in [-0.3, -0.25) is 9.48 Å². The molecule has 1 heterocycles. The Labute approximate surface area is 114 Å². The average Bonchev–Trinajstić information content (AvgIpc) is 2.64. The SMILES string of the molecule is Cc1c(NC(=O)Cc2ccc(Br)cc2)cnn1C. The van der Waals surface area contributed by atoms with E-state index in [9.17, 15) is 4.79 Å². The standard InChI is InChI=1S/C13H14BrN3O/c1-9-12(8-15-17(9)2)16-13(18)7-10-3-5-11(14)6-4-10/h3-6,8H,7H2,1-2H3,(H,16,18). The molecular formula is C13H14BrN3O. The molecule has 5 heteroatoms. The summed E-state index contributed by atoms with van der Waals surface area (Å²) in [5.74, 6) is -0.0339. The smallest absolute Gasteiger partial charge is 0.228 e. The third-order valence-corrected chi connectivity index (χ3v) is 3.32. The van der Waals surface area contributed by atoms with Gasteiger partial charge in [0.1, 0.15) is 0 Å². The van der Waals surface area contributed by atoms with Crippen LogP contribution in [-0.4, -0.2) is 15.7 Å². The first-order valence-corrected chi connectivity index (χ1v) is 6.38. The van der Waals surface area contributed by atoms with Crippen LogP contribution in [0, 0.1) is 6.92 Å². The van der Waals surface area contributed by atoms with Crippen molar-refractivity contribution in [2.75, 3.05) is 5.32 Å². The van der Waals surface area contributed by atoms with Crippen molar-refractivity contribution < 1.29 is 4.79 Å². The summed E-state index contributed by atoms with van der Waals surface area (Å²) in [6.45, 7) is 1.92. The van der Waals surface area contributed by atoms with E-state index >= 15 is 0 Å². The van der Waals surface area contributed by atoms with Crippen LogP contribution in [0.5, 0.6) is 0 Å². The van der Waals surface area contributed by atoms with Crippen molar-refractivity contribution in [2.45, 2.75) is 13.3 Å². The Morgan fingerprint density at radius 1 is 1.39 bits per heavy atom. The zero-order chi connectivity index (χ0) is 13.1. The number of halogens is 1. The molecule has 0 unspecified atom stereocenters. The maximum absolute atomic E-state index is 11.9. The van der Waals surface area contributed by atoms with Gasteiger partial charge in [0.05, 0.1) is 24.0 Å². The molecule has 2 aromatic rings. The van der Waals surface area contributed by atoms with Gasteiger partial charge in [0.25, 0.3) is 0 Å². The summed E-state index contributed by atoms with van der Waals surface area (Å²) in [7, 11) is 1.85. The highest BCUT2D eigenvalue weighted by Gasteiger charge is 2.08. The van der Waals surface area contributed by atoms with Crippen molar-refractivity contribution in [3.05, 3.63) is 46.2 Å². The Balaban J connectivity index is 2.01. The van der Waals surface area contributed by atoms with E-state index in [-0.39, 0.29) is 5.91 Å². The van der Waals surface area contributed by atoms with Crippen LogP contribution in [0.15, 0.2) is 34.9 Å². The van der Waals surface area contributed by atoms with Crippen LogP contribution in [0.25, 0.3) is 0 Å². The van der Waals surface area contributed by atoms with Crippen molar-refractivity contribution in [2.24, 2.45) is 7.05 Å². The average molecular weight is 308 g/mol. The second-order valence-corrected chi connectivity index (χ2v) is 5.03. The maximum Gasteiger partial charge on any atom is 0.228 e. The minimum absolute atomic E-state index is 0.0339. The van der Waals surface area contributed by atoms with E-state index in [1.807, 2.05) is 38.2 Å². The number of anilines is 1. The van der Waals surface area contributed by atoms with E-state index in [1.165, 1.54) is 0 Å². The Morgan fingerprint density at radius 3 is 2.61 bits per heavy atom. The summed E-state index contributed by atoms with van der Waals surface area (Å²) in [5, 5.41) is 6.94. The number of benzene rings is 1. The Hall–Kier alpha value is -1.62. The molecule has 0 saturated carbocycles. The van der Waals surface area contributed by atoms with E-state index in [2.05, 4.69) is 26.3 Å². The van der Waals surface area contributed by atoms with Crippen molar-refractivity contribution >= 4 is 27.5 Å². The molecule has 4 nitrogen and oxygen atoms in total. The van der Waals surface area contributed by atoms with Gasteiger partial charge in [-0.2, -0.15) is 5.10 Å². The number of nitrogens with zero attached hydrogens (tertiary/aromatic N) is 2. The van der Waals surface area contributed by atoms with Gasteiger partial charge in [-0.25, -0.2) is 0 Å². The molecule has 0 saturated heterocycles. The molecule has 94 valence electrons. The van der Waals surface area contributed by atoms with Gasteiger partial charge in [0.2, 0.25) is 5.91 Å². The van der Waals surface area contributed by atoms with Crippen LogP contribution < -0.4 is 5.32 Å². The van der Waals surface area contributed by atoms with Gasteiger partial charge in [-0.15, -0.1) is 0 Å². The zero-order valence-corrected chi connectivity index (χ0v) is 11.9. The van der Waals surface area contributed by atoms with Crippen LogP contribution in [0.4, 0.5) is 5.69 Å². The maximum atomic E-state index is 11.9. The molecule has 0 radical (unpaired) electrons. The minimum Gasteiger partial charge on any atom is -0.323 e. The largest absolute Gasteiger partial charge is 0.323 e. The fourth-order valence-electron chi connectivity index (χ4n) is 1.60. The number of aromatic nitrogens is 2. The summed E-state index contributed by atoms with van der Waals surface area (Å²) < 4.78 is 2.74. The molecule has 18 heavy (non-hydrogen) atoms. The van der Waals surface area contributed by atoms with Crippen LogP contribution in [0.3, 0.4) is 0 Å². The van der Waals surface area contributed by atoms with Gasteiger partial charge in [0, 0.05) is 11.5 Å². The monoisotopic (exact) mass is 307 g/mol. The van der Waals surface area contributed by atoms with Gasteiger partial charge in [-0.05, 0) is 24.6 Å². The predicted molar refractivity (Wildman–Crippen MR) is 74.4 cm³/mol. The van der Waals surface area contributed by atoms with E-state index in [0.29, 0.717) is 6.42 Å². The number of nitrogens with one attached hydrogen (secondary N) is 1. The lowest BCUT2D eigenvalue weighted by molar-refractivity contribution is -0.115. The number of carbonyl (C=O) groups is 1. The lowest BCUT2D eigenvalue weighted by atomic mass is 10.1. The fourth-order valence-corrected chi connectivity index (χ4v) is 1.87. The summed E-state index contributed by atoms with van der Waals surface area (Å²) in [5.41, 5.74) is 2.69. The van der Waals surface area contributed by atoms with Crippen molar-refractivity contribution in [1.82, 2.24) is 9.78 Å². The van der Waals surface area contributed by atoms with Crippen molar-refractivity contribution in [1.29, 1.82) is 0 Å². The number of hydrogen-bond acceptors (Lipinski definition) is 2. The molecule has 1 aromatic heterocycles. The van der Waals surface area contributed by atoms with Crippen molar-refractivity contribution in [3.63, 3.8) is 0 Å². The van der Waals surface area contributed by atoms with E-state index in [0.717, 1.165) is 21.4 Å². The van der Waals surface area contributed by atoms with E-state index < -0.39 is 0 Å². The molecule has 0 aliphatic heterocycles. The van der Waals surface area contributed by atoms with Crippen molar-refractivity contribution in [3.8, 4) is 0 Å². The molecule has 1 aromatic carbocycles. The first kappa shape index (κ1) is 12.8. The summed E-state index contributed by atoms with van der Waals surface area (Å²) in [6, 6.07) is 7.72. The first-order chi connectivity index (χ1) is 8.56. The fraction of sp³-hybridized carbons (Fsp3) is 0.231. The Bertz CT molecular complexity index is 560. The molecule has 1 amide bonds. The van der Waals surface area contributed by atoms with Gasteiger partial charge in [-0.1, -0.05) is 28.1 Å². The summed E-state index contributed by atoms with van der Waals surface area (Å²) >= 11 is 3.37. The number of aryl methyl sites for hydroxylation is 1. The molecule has 0 spiro atoms.